The van der Waals surface area contributed by atoms with Gasteiger partial charge in [0, 0.05) is 29.6 Å². The van der Waals surface area contributed by atoms with Crippen LogP contribution in [0.2, 0.25) is 5.02 Å². The third-order valence-corrected chi connectivity index (χ3v) is 4.24. The first-order chi connectivity index (χ1) is 13.4. The van der Waals surface area contributed by atoms with Gasteiger partial charge in [-0.25, -0.2) is 4.79 Å². The first-order valence-electron chi connectivity index (χ1n) is 8.51. The molecule has 1 aliphatic carbocycles. The average molecular weight is 401 g/mol. The monoisotopic (exact) mass is 400 g/mol. The Bertz CT molecular complexity index is 939. The number of carbonyl (C=O) groups excluding carboxylic acids is 2. The fraction of sp³-hybridized carbons (Fsp3) is 0.158. The highest BCUT2D eigenvalue weighted by Gasteiger charge is 2.23. The second-order valence-electron chi connectivity index (χ2n) is 6.24. The SMILES string of the molecule is O=C(/C=C/c1ccc(Cl)c([N+](=O)[O-])c1)Nc1ccc(NC(=O)NC2CC2)cc1. The van der Waals surface area contributed by atoms with Crippen LogP contribution >= 0.6 is 11.6 Å². The number of urea groups is 1. The first-order valence-corrected chi connectivity index (χ1v) is 8.89. The van der Waals surface area contributed by atoms with E-state index in [1.54, 1.807) is 30.3 Å². The van der Waals surface area contributed by atoms with Crippen LogP contribution < -0.4 is 16.0 Å². The lowest BCUT2D eigenvalue weighted by Gasteiger charge is -2.08. The summed E-state index contributed by atoms with van der Waals surface area (Å²) in [6.45, 7) is 0. The highest BCUT2D eigenvalue weighted by atomic mass is 35.5. The van der Waals surface area contributed by atoms with Crippen molar-refractivity contribution in [1.29, 1.82) is 0 Å². The zero-order valence-electron chi connectivity index (χ0n) is 14.6. The number of benzene rings is 2. The molecule has 0 aliphatic heterocycles. The van der Waals surface area contributed by atoms with Gasteiger partial charge in [0.05, 0.1) is 4.92 Å². The van der Waals surface area contributed by atoms with Crippen LogP contribution in [-0.2, 0) is 4.79 Å². The molecule has 9 heteroatoms. The number of amides is 3. The summed E-state index contributed by atoms with van der Waals surface area (Å²) in [6, 6.07) is 11.0. The molecule has 1 fully saturated rings. The predicted molar refractivity (Wildman–Crippen MR) is 107 cm³/mol. The van der Waals surface area contributed by atoms with Gasteiger partial charge < -0.3 is 16.0 Å². The third-order valence-electron chi connectivity index (χ3n) is 3.92. The molecule has 0 atom stereocenters. The quantitative estimate of drug-likeness (QED) is 0.383. The maximum atomic E-state index is 12.0. The molecular weight excluding hydrogens is 384 g/mol. The molecule has 0 spiro atoms. The summed E-state index contributed by atoms with van der Waals surface area (Å²) in [5.41, 5.74) is 1.41. The van der Waals surface area contributed by atoms with Crippen molar-refractivity contribution in [3.05, 3.63) is 69.2 Å². The number of halogens is 1. The Morgan fingerprint density at radius 3 is 2.32 bits per heavy atom. The molecule has 2 aromatic carbocycles. The van der Waals surface area contributed by atoms with E-state index in [-0.39, 0.29) is 22.8 Å². The molecule has 3 N–H and O–H groups in total. The van der Waals surface area contributed by atoms with E-state index >= 15 is 0 Å². The van der Waals surface area contributed by atoms with Gasteiger partial charge in [-0.15, -0.1) is 0 Å². The standard InChI is InChI=1S/C19H17ClN4O4/c20-16-9-1-12(11-17(16)24(27)28)2-10-18(25)21-13-3-5-14(6-4-13)22-19(26)23-15-7-8-15/h1-6,9-11,15H,7-8H2,(H,21,25)(H2,22,23,26)/b10-2+. The van der Waals surface area contributed by atoms with E-state index in [1.165, 1.54) is 24.3 Å². The molecule has 3 amide bonds. The van der Waals surface area contributed by atoms with Crippen LogP contribution in [0.1, 0.15) is 18.4 Å². The molecule has 0 aromatic heterocycles. The fourth-order valence-electron chi connectivity index (χ4n) is 2.35. The third kappa shape index (κ3) is 5.55. The zero-order chi connectivity index (χ0) is 20.1. The summed E-state index contributed by atoms with van der Waals surface area (Å²) in [4.78, 5) is 34.0. The van der Waals surface area contributed by atoms with Crippen molar-refractivity contribution in [2.24, 2.45) is 0 Å². The van der Waals surface area contributed by atoms with Gasteiger partial charge in [0.1, 0.15) is 5.02 Å². The molecule has 8 nitrogen and oxygen atoms in total. The van der Waals surface area contributed by atoms with Gasteiger partial charge in [0.15, 0.2) is 0 Å². The van der Waals surface area contributed by atoms with Crippen molar-refractivity contribution >= 4 is 46.7 Å². The van der Waals surface area contributed by atoms with Gasteiger partial charge >= 0.3 is 6.03 Å². The second-order valence-corrected chi connectivity index (χ2v) is 6.65. The van der Waals surface area contributed by atoms with Crippen LogP contribution in [0.25, 0.3) is 6.08 Å². The normalized spacial score (nSPS) is 13.2. The number of hydrogen-bond donors (Lipinski definition) is 3. The lowest BCUT2D eigenvalue weighted by Crippen LogP contribution is -2.30. The van der Waals surface area contributed by atoms with Gasteiger partial charge in [-0.1, -0.05) is 17.7 Å². The second kappa shape index (κ2) is 8.53. The number of nitro groups is 1. The molecule has 0 bridgehead atoms. The minimum absolute atomic E-state index is 0.0334. The Balaban J connectivity index is 1.55. The molecule has 0 unspecified atom stereocenters. The highest BCUT2D eigenvalue weighted by molar-refractivity contribution is 6.32. The summed E-state index contributed by atoms with van der Waals surface area (Å²) in [7, 11) is 0. The smallest absolute Gasteiger partial charge is 0.319 e. The van der Waals surface area contributed by atoms with E-state index in [0.717, 1.165) is 12.8 Å². The van der Waals surface area contributed by atoms with E-state index in [4.69, 9.17) is 11.6 Å². The van der Waals surface area contributed by atoms with Gasteiger partial charge in [0.2, 0.25) is 5.91 Å². The highest BCUT2D eigenvalue weighted by Crippen LogP contribution is 2.25. The minimum atomic E-state index is -0.583. The van der Waals surface area contributed by atoms with E-state index in [2.05, 4.69) is 16.0 Å². The molecule has 0 radical (unpaired) electrons. The number of anilines is 2. The number of carbonyl (C=O) groups is 2. The Hall–Kier alpha value is -3.39. The lowest BCUT2D eigenvalue weighted by molar-refractivity contribution is -0.384. The molecular formula is C19H17ClN4O4. The molecule has 0 heterocycles. The van der Waals surface area contributed by atoms with Gasteiger partial charge in [-0.3, -0.25) is 14.9 Å². The van der Waals surface area contributed by atoms with Crippen LogP contribution in [0, 0.1) is 10.1 Å². The summed E-state index contributed by atoms with van der Waals surface area (Å²) >= 11 is 5.76. The van der Waals surface area contributed by atoms with Crippen molar-refractivity contribution in [2.45, 2.75) is 18.9 Å². The van der Waals surface area contributed by atoms with Crippen LogP contribution in [0.5, 0.6) is 0 Å². The topological polar surface area (TPSA) is 113 Å². The lowest BCUT2D eigenvalue weighted by atomic mass is 10.2. The molecule has 2 aromatic rings. The summed E-state index contributed by atoms with van der Waals surface area (Å²) in [6.07, 6.45) is 4.74. The maximum absolute atomic E-state index is 12.0. The largest absolute Gasteiger partial charge is 0.335 e. The fourth-order valence-corrected chi connectivity index (χ4v) is 2.53. The molecule has 0 saturated heterocycles. The Labute approximate surface area is 165 Å². The Kier molecular flexibility index (Phi) is 5.90. The summed E-state index contributed by atoms with van der Waals surface area (Å²) in [5, 5.41) is 19.1. The van der Waals surface area contributed by atoms with Crippen molar-refractivity contribution in [3.63, 3.8) is 0 Å². The molecule has 3 rings (SSSR count). The molecule has 28 heavy (non-hydrogen) atoms. The van der Waals surface area contributed by atoms with Crippen molar-refractivity contribution < 1.29 is 14.5 Å². The van der Waals surface area contributed by atoms with Crippen molar-refractivity contribution in [2.75, 3.05) is 10.6 Å². The van der Waals surface area contributed by atoms with E-state index in [0.29, 0.717) is 16.9 Å². The Morgan fingerprint density at radius 1 is 1.07 bits per heavy atom. The van der Waals surface area contributed by atoms with Crippen LogP contribution in [0.15, 0.2) is 48.5 Å². The Morgan fingerprint density at radius 2 is 1.71 bits per heavy atom. The number of nitrogens with zero attached hydrogens (tertiary/aromatic N) is 1. The van der Waals surface area contributed by atoms with Crippen molar-refractivity contribution in [1.82, 2.24) is 5.32 Å². The number of nitrogens with one attached hydrogen (secondary N) is 3. The summed E-state index contributed by atoms with van der Waals surface area (Å²) < 4.78 is 0. The van der Waals surface area contributed by atoms with Crippen LogP contribution in [0.4, 0.5) is 21.9 Å². The van der Waals surface area contributed by atoms with Gasteiger partial charge in [-0.05, 0) is 54.8 Å². The van der Waals surface area contributed by atoms with Gasteiger partial charge in [0.25, 0.3) is 5.69 Å². The average Bonchev–Trinajstić information content (AvgIpc) is 3.46. The molecule has 144 valence electrons. The van der Waals surface area contributed by atoms with Crippen LogP contribution in [-0.4, -0.2) is 22.9 Å². The van der Waals surface area contributed by atoms with Crippen LogP contribution in [0.3, 0.4) is 0 Å². The molecule has 1 saturated carbocycles. The predicted octanol–water partition coefficient (Wildman–Crippen LogP) is 4.18. The number of nitro benzene ring substituents is 1. The van der Waals surface area contributed by atoms with E-state index < -0.39 is 10.8 Å². The zero-order valence-corrected chi connectivity index (χ0v) is 15.4. The number of hydrogen-bond acceptors (Lipinski definition) is 4. The van der Waals surface area contributed by atoms with Gasteiger partial charge in [-0.2, -0.15) is 0 Å². The minimum Gasteiger partial charge on any atom is -0.335 e. The van der Waals surface area contributed by atoms with E-state index in [1.807, 2.05) is 0 Å². The van der Waals surface area contributed by atoms with E-state index in [9.17, 15) is 19.7 Å². The number of rotatable bonds is 6. The first kappa shape index (κ1) is 19.4. The summed E-state index contributed by atoms with van der Waals surface area (Å²) in [5.74, 6) is -0.398. The van der Waals surface area contributed by atoms with Crippen molar-refractivity contribution in [3.8, 4) is 0 Å². The molecule has 1 aliphatic rings. The maximum Gasteiger partial charge on any atom is 0.319 e.